The summed E-state index contributed by atoms with van der Waals surface area (Å²) < 4.78 is 31.1. The number of unbranched alkanes of at least 4 members (excludes halogenated alkanes) is 14. The molecule has 388 valence electrons. The lowest BCUT2D eigenvalue weighted by molar-refractivity contribution is -0.144. The summed E-state index contributed by atoms with van der Waals surface area (Å²) in [5.74, 6) is 4.81. The van der Waals surface area contributed by atoms with Gasteiger partial charge in [-0.05, 0) is 201 Å². The van der Waals surface area contributed by atoms with Gasteiger partial charge >= 0.3 is 14.5 Å². The van der Waals surface area contributed by atoms with Gasteiger partial charge < -0.3 is 33.1 Å². The fraction of sp³-hybridized carbons (Fsp3) is 0.982. The Morgan fingerprint density at radius 1 is 0.682 bits per heavy atom. The predicted molar refractivity (Wildman–Crippen MR) is 277 cm³/mol. The van der Waals surface area contributed by atoms with Crippen molar-refractivity contribution in [2.75, 3.05) is 53.2 Å². The molecule has 66 heavy (non-hydrogen) atoms. The normalized spacial score (nSPS) is 28.5. The summed E-state index contributed by atoms with van der Waals surface area (Å²) in [6.07, 6.45) is 37.4. The molecule has 4 saturated carbocycles. The summed E-state index contributed by atoms with van der Waals surface area (Å²) in [6, 6.07) is 0. The van der Waals surface area contributed by atoms with E-state index in [1.807, 2.05) is 7.11 Å². The van der Waals surface area contributed by atoms with Gasteiger partial charge in [0.25, 0.3) is 0 Å². The molecule has 0 bridgehead atoms. The van der Waals surface area contributed by atoms with Crippen molar-refractivity contribution in [3.8, 4) is 0 Å². The van der Waals surface area contributed by atoms with Gasteiger partial charge in [0.15, 0.2) is 0 Å². The van der Waals surface area contributed by atoms with E-state index >= 15 is 0 Å². The lowest BCUT2D eigenvalue weighted by atomic mass is 9.44. The fourth-order valence-corrected chi connectivity index (χ4v) is 15.6. The molecule has 6 unspecified atom stereocenters. The van der Waals surface area contributed by atoms with Crippen LogP contribution >= 0.6 is 0 Å². The van der Waals surface area contributed by atoms with Gasteiger partial charge in [-0.15, -0.1) is 0 Å². The van der Waals surface area contributed by atoms with Crippen LogP contribution in [-0.4, -0.2) is 90.1 Å². The van der Waals surface area contributed by atoms with E-state index in [0.717, 1.165) is 127 Å². The second-order valence-electron chi connectivity index (χ2n) is 23.3. The maximum absolute atomic E-state index is 13.0. The number of ether oxygens (including phenoxy) is 3. The van der Waals surface area contributed by atoms with Gasteiger partial charge in [-0.1, -0.05) is 105 Å². The molecule has 4 aliphatic carbocycles. The molecule has 0 aromatic rings. The van der Waals surface area contributed by atoms with E-state index in [9.17, 15) is 9.90 Å². The highest BCUT2D eigenvalue weighted by molar-refractivity contribution is 6.64. The van der Waals surface area contributed by atoms with Gasteiger partial charge in [0.2, 0.25) is 0 Å². The van der Waals surface area contributed by atoms with Crippen LogP contribution < -0.4 is 0 Å². The van der Waals surface area contributed by atoms with E-state index in [0.29, 0.717) is 35.9 Å². The van der Waals surface area contributed by atoms with Crippen molar-refractivity contribution in [1.29, 1.82) is 0 Å². The number of esters is 1. The number of methoxy groups -OCH3 is 1. The molecule has 0 spiro atoms. The highest BCUT2D eigenvalue weighted by atomic mass is 28.4. The number of nitrogens with zero attached hydrogens (tertiary/aromatic N) is 1. The molecule has 0 heterocycles. The first-order valence-corrected chi connectivity index (χ1v) is 31.7. The first kappa shape index (κ1) is 58.0. The van der Waals surface area contributed by atoms with Crippen LogP contribution in [0, 0.1) is 46.3 Å². The lowest BCUT2D eigenvalue weighted by Crippen LogP contribution is -2.54. The topological polar surface area (TPSA) is 86.7 Å². The number of fused-ring (bicyclic) bond motifs is 5. The Morgan fingerprint density at radius 2 is 1.29 bits per heavy atom. The highest BCUT2D eigenvalue weighted by Crippen LogP contribution is 2.68. The smallest absolute Gasteiger partial charge is 0.333 e. The van der Waals surface area contributed by atoms with Crippen LogP contribution in [0.1, 0.15) is 234 Å². The SMILES string of the molecule is CCCCCCCCOC(CCCCCCC)O[Si](C)(C)OCCCCCCN(CCCCO)CCCCOC(=O)CC[C@@H](C)C1CCC2C3CCC4C[C@H](OC)CC[C@]4(C)C3CC[C@@]21C. The molecule has 0 saturated heterocycles. The second kappa shape index (κ2) is 31.7. The molecular weight excluding hydrogens is 839 g/mol. The van der Waals surface area contributed by atoms with Crippen LogP contribution in [0.2, 0.25) is 13.1 Å². The molecule has 1 N–H and O–H groups in total. The Kier molecular flexibility index (Phi) is 27.9. The molecule has 4 fully saturated rings. The minimum absolute atomic E-state index is 0.000909. The van der Waals surface area contributed by atoms with Gasteiger partial charge in [0.1, 0.15) is 6.29 Å². The van der Waals surface area contributed by atoms with Crippen molar-refractivity contribution in [2.24, 2.45) is 46.3 Å². The third kappa shape index (κ3) is 19.2. The van der Waals surface area contributed by atoms with Gasteiger partial charge in [-0.25, -0.2) is 0 Å². The number of aliphatic hydroxyl groups excluding tert-OH is 1. The molecular formula is C57H109NO7Si. The van der Waals surface area contributed by atoms with Crippen molar-refractivity contribution in [3.05, 3.63) is 0 Å². The minimum atomic E-state index is -2.29. The largest absolute Gasteiger partial charge is 0.466 e. The lowest BCUT2D eigenvalue weighted by Gasteiger charge is -2.61. The summed E-state index contributed by atoms with van der Waals surface area (Å²) >= 11 is 0. The van der Waals surface area contributed by atoms with Crippen LogP contribution in [0.15, 0.2) is 0 Å². The predicted octanol–water partition coefficient (Wildman–Crippen LogP) is 14.8. The minimum Gasteiger partial charge on any atom is -0.466 e. The first-order valence-electron chi connectivity index (χ1n) is 28.9. The number of hydrogen-bond donors (Lipinski definition) is 1. The van der Waals surface area contributed by atoms with E-state index in [-0.39, 0.29) is 18.9 Å². The summed E-state index contributed by atoms with van der Waals surface area (Å²) in [7, 11) is -0.369. The Hall–Kier alpha value is -0.553. The average Bonchev–Trinajstić information content (AvgIpc) is 3.66. The van der Waals surface area contributed by atoms with E-state index in [4.69, 9.17) is 23.1 Å². The standard InChI is InChI=1S/C57H109NO7Si/c1-9-11-13-15-18-25-44-63-55(28-20-16-14-12-10-2)65-66(7,8)64-45-26-19-17-21-39-58(40-22-24-42-59)41-23-27-43-62-54(60)34-29-47(3)51-32-33-52-50-31-30-48-46-49(61-6)35-37-56(48,4)53(50)36-38-57(51,52)5/h47-53,55,59H,9-46H2,1-8H3/t47-,48?,49-,50?,51?,52?,53?,55?,56+,57-/m1/s1. The van der Waals surface area contributed by atoms with Crippen LogP contribution in [-0.2, 0) is 27.9 Å². The van der Waals surface area contributed by atoms with Gasteiger partial charge in [0, 0.05) is 33.4 Å². The average molecular weight is 949 g/mol. The van der Waals surface area contributed by atoms with E-state index in [2.05, 4.69) is 52.6 Å². The molecule has 4 rings (SSSR count). The summed E-state index contributed by atoms with van der Waals surface area (Å²) in [5.41, 5.74) is 0.944. The van der Waals surface area contributed by atoms with Crippen LogP contribution in [0.5, 0.6) is 0 Å². The molecule has 0 radical (unpaired) electrons. The summed E-state index contributed by atoms with van der Waals surface area (Å²) in [6.45, 7) is 22.1. The van der Waals surface area contributed by atoms with Crippen LogP contribution in [0.25, 0.3) is 0 Å². The molecule has 0 aliphatic heterocycles. The second-order valence-corrected chi connectivity index (χ2v) is 26.6. The zero-order valence-corrected chi connectivity index (χ0v) is 45.8. The fourth-order valence-electron chi connectivity index (χ4n) is 14.1. The number of rotatable bonds is 38. The monoisotopic (exact) mass is 948 g/mol. The number of carbonyl (C=O) groups excluding carboxylic acids is 1. The molecule has 9 heteroatoms. The number of aliphatic hydroxyl groups is 1. The first-order chi connectivity index (χ1) is 31.9. The van der Waals surface area contributed by atoms with Gasteiger partial charge in [-0.3, -0.25) is 4.79 Å². The van der Waals surface area contributed by atoms with Crippen LogP contribution in [0.3, 0.4) is 0 Å². The third-order valence-electron chi connectivity index (χ3n) is 18.1. The number of carbonyl (C=O) groups is 1. The molecule has 4 aliphatic rings. The Balaban J connectivity index is 1.07. The number of hydrogen-bond acceptors (Lipinski definition) is 8. The molecule has 0 amide bonds. The maximum Gasteiger partial charge on any atom is 0.333 e. The van der Waals surface area contributed by atoms with Gasteiger partial charge in [-0.2, -0.15) is 0 Å². The van der Waals surface area contributed by atoms with Gasteiger partial charge in [0.05, 0.1) is 12.7 Å². The maximum atomic E-state index is 13.0. The Bertz CT molecular complexity index is 1270. The zero-order valence-electron chi connectivity index (χ0n) is 44.8. The molecule has 8 nitrogen and oxygen atoms in total. The van der Waals surface area contributed by atoms with Crippen molar-refractivity contribution in [3.63, 3.8) is 0 Å². The van der Waals surface area contributed by atoms with Crippen molar-refractivity contribution in [2.45, 2.75) is 259 Å². The van der Waals surface area contributed by atoms with E-state index < -0.39 is 8.56 Å². The van der Waals surface area contributed by atoms with Crippen molar-refractivity contribution < 1.29 is 33.0 Å². The van der Waals surface area contributed by atoms with E-state index in [1.165, 1.54) is 128 Å². The van der Waals surface area contributed by atoms with E-state index in [1.54, 1.807) is 0 Å². The molecule has 0 aromatic heterocycles. The molecule has 0 aromatic carbocycles. The summed E-state index contributed by atoms with van der Waals surface area (Å²) in [4.78, 5) is 15.6. The Labute approximate surface area is 409 Å². The third-order valence-corrected chi connectivity index (χ3v) is 19.8. The molecule has 10 atom stereocenters. The van der Waals surface area contributed by atoms with Crippen molar-refractivity contribution in [1.82, 2.24) is 4.90 Å². The van der Waals surface area contributed by atoms with Crippen molar-refractivity contribution >= 4 is 14.5 Å². The quantitative estimate of drug-likeness (QED) is 0.0283. The van der Waals surface area contributed by atoms with Crippen LogP contribution in [0.4, 0.5) is 0 Å². The summed E-state index contributed by atoms with van der Waals surface area (Å²) in [5, 5.41) is 9.43. The Morgan fingerprint density at radius 3 is 2.00 bits per heavy atom. The highest BCUT2D eigenvalue weighted by Gasteiger charge is 2.60. The zero-order chi connectivity index (χ0) is 47.7.